The van der Waals surface area contributed by atoms with Crippen LogP contribution in [0.4, 0.5) is 20.6 Å². The van der Waals surface area contributed by atoms with Crippen LogP contribution in [0.5, 0.6) is 5.75 Å². The Kier molecular flexibility index (Phi) is 6.30. The lowest BCUT2D eigenvalue weighted by molar-refractivity contribution is 0.0945. The van der Waals surface area contributed by atoms with Gasteiger partial charge in [0.15, 0.2) is 0 Å². The number of nitrogens with one attached hydrogen (secondary N) is 3. The third-order valence-corrected chi connectivity index (χ3v) is 3.20. The maximum absolute atomic E-state index is 13.2. The summed E-state index contributed by atoms with van der Waals surface area (Å²) in [6.45, 7) is -0.121. The van der Waals surface area contributed by atoms with Crippen LogP contribution in [0, 0.1) is 5.82 Å². The molecule has 0 bridgehead atoms. The Hall–Kier alpha value is -3.13. The van der Waals surface area contributed by atoms with Gasteiger partial charge in [0.2, 0.25) is 0 Å². The van der Waals surface area contributed by atoms with Gasteiger partial charge in [0, 0.05) is 18.3 Å². The molecule has 2 rings (SSSR count). The standard InChI is InChI=1S/C17H18FN3O4/c1-25-13-5-6-14(16(23)19-7-8-22)15(10-13)21-17(24)20-12-4-2-3-11(18)9-12/h2-6,9-10,22H,7-8H2,1H3,(H,19,23)(H2,20,21,24). The molecule has 0 radical (unpaired) electrons. The topological polar surface area (TPSA) is 99.7 Å². The van der Waals surface area contributed by atoms with Gasteiger partial charge in [-0.05, 0) is 30.3 Å². The maximum Gasteiger partial charge on any atom is 0.323 e. The second-order valence-electron chi connectivity index (χ2n) is 4.98. The van der Waals surface area contributed by atoms with Gasteiger partial charge < -0.3 is 25.8 Å². The van der Waals surface area contributed by atoms with Gasteiger partial charge in [-0.2, -0.15) is 0 Å². The highest BCUT2D eigenvalue weighted by atomic mass is 19.1. The third-order valence-electron chi connectivity index (χ3n) is 3.20. The zero-order valence-corrected chi connectivity index (χ0v) is 13.5. The maximum atomic E-state index is 13.2. The summed E-state index contributed by atoms with van der Waals surface area (Å²) in [5.41, 5.74) is 0.680. The Morgan fingerprint density at radius 3 is 2.64 bits per heavy atom. The number of aliphatic hydroxyl groups excluding tert-OH is 1. The molecule has 0 saturated heterocycles. The molecule has 2 aromatic rings. The number of hydrogen-bond donors (Lipinski definition) is 4. The van der Waals surface area contributed by atoms with E-state index in [9.17, 15) is 14.0 Å². The van der Waals surface area contributed by atoms with Crippen LogP contribution in [0.15, 0.2) is 42.5 Å². The number of amides is 3. The summed E-state index contributed by atoms with van der Waals surface area (Å²) in [4.78, 5) is 24.2. The van der Waals surface area contributed by atoms with Gasteiger partial charge >= 0.3 is 6.03 Å². The lowest BCUT2D eigenvalue weighted by Crippen LogP contribution is -2.28. The molecular formula is C17H18FN3O4. The van der Waals surface area contributed by atoms with Crippen molar-refractivity contribution < 1.29 is 23.8 Å². The van der Waals surface area contributed by atoms with Crippen LogP contribution in [0.3, 0.4) is 0 Å². The van der Waals surface area contributed by atoms with E-state index in [0.717, 1.165) is 0 Å². The minimum atomic E-state index is -0.643. The van der Waals surface area contributed by atoms with E-state index in [0.29, 0.717) is 5.75 Å². The van der Waals surface area contributed by atoms with E-state index in [4.69, 9.17) is 9.84 Å². The largest absolute Gasteiger partial charge is 0.497 e. The molecule has 0 spiro atoms. The fraction of sp³-hybridized carbons (Fsp3) is 0.176. The van der Waals surface area contributed by atoms with E-state index >= 15 is 0 Å². The number of aliphatic hydroxyl groups is 1. The molecule has 0 fully saturated rings. The molecule has 3 amide bonds. The minimum absolute atomic E-state index is 0.0831. The molecule has 8 heteroatoms. The number of urea groups is 1. The van der Waals surface area contributed by atoms with Gasteiger partial charge in [0.05, 0.1) is 25.0 Å². The van der Waals surface area contributed by atoms with E-state index < -0.39 is 17.8 Å². The zero-order chi connectivity index (χ0) is 18.2. The van der Waals surface area contributed by atoms with Crippen molar-refractivity contribution in [2.24, 2.45) is 0 Å². The van der Waals surface area contributed by atoms with Gasteiger partial charge in [-0.25, -0.2) is 9.18 Å². The Labute approximate surface area is 143 Å². The molecule has 0 aliphatic heterocycles. The number of hydrogen-bond acceptors (Lipinski definition) is 4. The number of anilines is 2. The Morgan fingerprint density at radius 2 is 1.96 bits per heavy atom. The molecular weight excluding hydrogens is 329 g/mol. The second-order valence-corrected chi connectivity index (χ2v) is 4.98. The van der Waals surface area contributed by atoms with E-state index in [2.05, 4.69) is 16.0 Å². The molecule has 0 saturated carbocycles. The number of carbonyl (C=O) groups excluding carboxylic acids is 2. The normalized spacial score (nSPS) is 10.0. The van der Waals surface area contributed by atoms with E-state index in [1.165, 1.54) is 43.5 Å². The summed E-state index contributed by atoms with van der Waals surface area (Å²) in [5.74, 6) is -0.499. The van der Waals surface area contributed by atoms with E-state index in [1.807, 2.05) is 0 Å². The first-order valence-electron chi connectivity index (χ1n) is 7.44. The van der Waals surface area contributed by atoms with Crippen molar-refractivity contribution in [2.45, 2.75) is 0 Å². The monoisotopic (exact) mass is 347 g/mol. The summed E-state index contributed by atoms with van der Waals surface area (Å²) in [5, 5.41) is 16.3. The molecule has 0 aromatic heterocycles. The molecule has 4 N–H and O–H groups in total. The van der Waals surface area contributed by atoms with Crippen molar-refractivity contribution in [1.29, 1.82) is 0 Å². The predicted molar refractivity (Wildman–Crippen MR) is 91.5 cm³/mol. The molecule has 0 unspecified atom stereocenters. The summed E-state index contributed by atoms with van der Waals surface area (Å²) >= 11 is 0. The molecule has 0 atom stereocenters. The average molecular weight is 347 g/mol. The van der Waals surface area contributed by atoms with Crippen LogP contribution in [-0.2, 0) is 0 Å². The SMILES string of the molecule is COc1ccc(C(=O)NCCO)c(NC(=O)Nc2cccc(F)c2)c1. The first-order valence-corrected chi connectivity index (χ1v) is 7.44. The van der Waals surface area contributed by atoms with Gasteiger partial charge in [-0.1, -0.05) is 6.07 Å². The Bertz CT molecular complexity index is 767. The first-order chi connectivity index (χ1) is 12.0. The van der Waals surface area contributed by atoms with E-state index in [1.54, 1.807) is 6.07 Å². The summed E-state index contributed by atoms with van der Waals surface area (Å²) in [7, 11) is 1.46. The zero-order valence-electron chi connectivity index (χ0n) is 13.5. The molecule has 0 aliphatic rings. The van der Waals surface area contributed by atoms with Crippen molar-refractivity contribution in [3.05, 3.63) is 53.8 Å². The molecule has 0 heterocycles. The van der Waals surface area contributed by atoms with Crippen LogP contribution < -0.4 is 20.7 Å². The number of rotatable bonds is 6. The predicted octanol–water partition coefficient (Wildman–Crippen LogP) is 2.20. The number of benzene rings is 2. The number of halogens is 1. The fourth-order valence-electron chi connectivity index (χ4n) is 2.07. The lowest BCUT2D eigenvalue weighted by atomic mass is 10.1. The van der Waals surface area contributed by atoms with Crippen LogP contribution in [0.1, 0.15) is 10.4 Å². The molecule has 0 aliphatic carbocycles. The van der Waals surface area contributed by atoms with Crippen LogP contribution in [-0.4, -0.2) is 37.3 Å². The second kappa shape index (κ2) is 8.65. The van der Waals surface area contributed by atoms with Gasteiger partial charge in [-0.15, -0.1) is 0 Å². The van der Waals surface area contributed by atoms with Gasteiger partial charge in [0.1, 0.15) is 11.6 Å². The number of methoxy groups -OCH3 is 1. The summed E-state index contributed by atoms with van der Waals surface area (Å²) in [6, 6.07) is 9.32. The molecule has 2 aromatic carbocycles. The third kappa shape index (κ3) is 5.18. The highest BCUT2D eigenvalue weighted by Crippen LogP contribution is 2.23. The fourth-order valence-corrected chi connectivity index (χ4v) is 2.07. The quantitative estimate of drug-likeness (QED) is 0.644. The molecule has 25 heavy (non-hydrogen) atoms. The highest BCUT2D eigenvalue weighted by Gasteiger charge is 2.14. The lowest BCUT2D eigenvalue weighted by Gasteiger charge is -2.13. The van der Waals surface area contributed by atoms with Crippen molar-refractivity contribution >= 4 is 23.3 Å². The highest BCUT2D eigenvalue weighted by molar-refractivity contribution is 6.06. The number of carbonyl (C=O) groups is 2. The van der Waals surface area contributed by atoms with Crippen molar-refractivity contribution in [1.82, 2.24) is 5.32 Å². The van der Waals surface area contributed by atoms with Crippen molar-refractivity contribution in [3.8, 4) is 5.75 Å². The van der Waals surface area contributed by atoms with Crippen molar-refractivity contribution in [3.63, 3.8) is 0 Å². The average Bonchev–Trinajstić information content (AvgIpc) is 2.59. The Balaban J connectivity index is 2.18. The van der Waals surface area contributed by atoms with Crippen LogP contribution in [0.25, 0.3) is 0 Å². The number of ether oxygens (including phenoxy) is 1. The minimum Gasteiger partial charge on any atom is -0.497 e. The van der Waals surface area contributed by atoms with Gasteiger partial charge in [-0.3, -0.25) is 4.79 Å². The van der Waals surface area contributed by atoms with E-state index in [-0.39, 0.29) is 30.1 Å². The smallest absolute Gasteiger partial charge is 0.323 e. The Morgan fingerprint density at radius 1 is 1.16 bits per heavy atom. The molecule has 132 valence electrons. The van der Waals surface area contributed by atoms with Crippen LogP contribution in [0.2, 0.25) is 0 Å². The molecule has 7 nitrogen and oxygen atoms in total. The summed E-state index contributed by atoms with van der Waals surface area (Å²) < 4.78 is 18.3. The van der Waals surface area contributed by atoms with Gasteiger partial charge in [0.25, 0.3) is 5.91 Å². The summed E-state index contributed by atoms with van der Waals surface area (Å²) in [6.07, 6.45) is 0. The van der Waals surface area contributed by atoms with Crippen molar-refractivity contribution in [2.75, 3.05) is 30.9 Å². The first kappa shape index (κ1) is 18.2. The van der Waals surface area contributed by atoms with Crippen LogP contribution >= 0.6 is 0 Å².